The highest BCUT2D eigenvalue weighted by atomic mass is 32.9. The molecule has 17 nitrogen and oxygen atoms in total. The number of nitrogens with one attached hydrogen (secondary N) is 2. The number of rotatable bonds is 16. The summed E-state index contributed by atoms with van der Waals surface area (Å²) in [5.74, 6) is 0.705. The molecule has 0 amide bonds. The molecule has 0 spiro atoms. The van der Waals surface area contributed by atoms with E-state index in [2.05, 4.69) is 9.97 Å². The fraction of sp³-hybridized carbons (Fsp3) is 0.372. The molecule has 63 heavy (non-hydrogen) atoms. The van der Waals surface area contributed by atoms with Gasteiger partial charge in [0.15, 0.2) is 0 Å². The molecule has 2 aliphatic heterocycles. The predicted octanol–water partition coefficient (Wildman–Crippen LogP) is 4.79. The van der Waals surface area contributed by atoms with Gasteiger partial charge in [-0.05, 0) is 66.6 Å². The Balaban J connectivity index is 1.20. The largest absolute Gasteiger partial charge is 0.497 e. The Morgan fingerprint density at radius 2 is 1.21 bits per heavy atom. The first-order valence-corrected chi connectivity index (χ1v) is 23.7. The summed E-state index contributed by atoms with van der Waals surface area (Å²) in [4.78, 5) is 67.0. The van der Waals surface area contributed by atoms with Crippen LogP contribution in [0.1, 0.15) is 60.0 Å². The minimum absolute atomic E-state index is 0.0672. The average Bonchev–Trinajstić information content (AvgIpc) is 3.86. The molecule has 5 aromatic rings. The van der Waals surface area contributed by atoms with Gasteiger partial charge in [-0.15, -0.1) is 0 Å². The minimum Gasteiger partial charge on any atom is -0.497 e. The van der Waals surface area contributed by atoms with E-state index in [0.717, 1.165) is 16.7 Å². The summed E-state index contributed by atoms with van der Waals surface area (Å²) in [5.41, 5.74) is -4.34. The SMILES string of the molecule is COc1ccc(C(OC[C@H]2O[C@@H](n3cc(C)c(=O)[nH]c3=O)C[C@@H]2OP(=S)(S)OC[C@H]2O[C@@H](n3cc(C)c(=O)[nH]c3=O)C[C@@H]2OC(C)=O)(c2ccccc2)c2ccc(OC)cc2)cc1. The number of nitrogens with zero attached hydrogens (tertiary/aromatic N) is 2. The fourth-order valence-electron chi connectivity index (χ4n) is 7.74. The van der Waals surface area contributed by atoms with Gasteiger partial charge in [0, 0.05) is 43.3 Å². The zero-order valence-electron chi connectivity index (χ0n) is 35.0. The molecular weight excluding hydrogens is 876 g/mol. The predicted molar refractivity (Wildman–Crippen MR) is 237 cm³/mol. The zero-order valence-corrected chi connectivity index (χ0v) is 37.6. The van der Waals surface area contributed by atoms with Gasteiger partial charge in [-0.1, -0.05) is 66.8 Å². The first-order chi connectivity index (χ1) is 30.1. The van der Waals surface area contributed by atoms with Crippen molar-refractivity contribution in [3.63, 3.8) is 0 Å². The topological polar surface area (TPSA) is 201 Å². The first kappa shape index (κ1) is 45.9. The van der Waals surface area contributed by atoms with Crippen molar-refractivity contribution in [2.75, 3.05) is 27.4 Å². The molecule has 7 rings (SSSR count). The molecular formula is C43H47N4O13PS2. The molecule has 1 unspecified atom stereocenters. The van der Waals surface area contributed by atoms with Crippen molar-refractivity contribution in [2.24, 2.45) is 0 Å². The average molecular weight is 923 g/mol. The second-order valence-corrected chi connectivity index (χ2v) is 20.3. The fourth-order valence-corrected chi connectivity index (χ4v) is 9.78. The molecule has 7 atom stereocenters. The Morgan fingerprint density at radius 3 is 1.68 bits per heavy atom. The van der Waals surface area contributed by atoms with Gasteiger partial charge < -0.3 is 37.5 Å². The molecule has 334 valence electrons. The number of aryl methyl sites for hydroxylation is 2. The van der Waals surface area contributed by atoms with Crippen LogP contribution in [0, 0.1) is 13.8 Å². The van der Waals surface area contributed by atoms with Crippen molar-refractivity contribution < 1.29 is 42.3 Å². The Bertz CT molecular complexity index is 2660. The van der Waals surface area contributed by atoms with E-state index in [1.165, 1.54) is 28.5 Å². The van der Waals surface area contributed by atoms with Gasteiger partial charge in [0.1, 0.15) is 47.9 Å². The maximum absolute atomic E-state index is 13.2. The van der Waals surface area contributed by atoms with E-state index in [-0.39, 0.29) is 37.2 Å². The Morgan fingerprint density at radius 1 is 0.746 bits per heavy atom. The van der Waals surface area contributed by atoms with Crippen molar-refractivity contribution in [3.8, 4) is 11.5 Å². The van der Waals surface area contributed by atoms with Gasteiger partial charge in [-0.25, -0.2) is 9.59 Å². The number of thiol groups is 1. The van der Waals surface area contributed by atoms with E-state index in [4.69, 9.17) is 61.5 Å². The number of esters is 1. The Labute approximate surface area is 371 Å². The quantitative estimate of drug-likeness (QED) is 0.0528. The van der Waals surface area contributed by atoms with Crippen molar-refractivity contribution in [2.45, 2.75) is 76.1 Å². The minimum atomic E-state index is -3.53. The molecule has 2 N–H and O–H groups in total. The standard InChI is InChI=1S/C43H47N4O13PS2/c1-25-21-46(41(51)44-39(25)49)37-19-33(57-27(3)48)36(59-37)24-56-61(62,63)60-34-20-38(47-22-26(2)40(50)45-42(47)52)58-35(34)23-55-43(28-9-7-6-8-10-28,29-11-15-31(53-4)16-12-29)30-13-17-32(54-5)18-14-30/h6-18,21-22,33-38H,19-20,23-24H2,1-5H3,(H,62,63)(H,44,49,51)(H,45,50,52)/t33-,34-,35+,36+,37+,38+/m0/s1. The zero-order chi connectivity index (χ0) is 45.1. The maximum atomic E-state index is 13.2. The van der Waals surface area contributed by atoms with Crippen LogP contribution in [0.2, 0.25) is 0 Å². The van der Waals surface area contributed by atoms with Gasteiger partial charge in [-0.2, -0.15) is 0 Å². The maximum Gasteiger partial charge on any atom is 0.330 e. The first-order valence-electron chi connectivity index (χ1n) is 19.9. The number of ether oxygens (including phenoxy) is 6. The van der Waals surface area contributed by atoms with Crippen molar-refractivity contribution in [1.82, 2.24) is 19.1 Å². The third kappa shape index (κ3) is 10.2. The summed E-state index contributed by atoms with van der Waals surface area (Å²) < 4.78 is 51.6. The highest BCUT2D eigenvalue weighted by Gasteiger charge is 2.45. The summed E-state index contributed by atoms with van der Waals surface area (Å²) in [6, 6.07) is 24.7. The number of aromatic nitrogens is 4. The summed E-state index contributed by atoms with van der Waals surface area (Å²) in [6.07, 6.45) is -2.46. The number of H-pyrrole nitrogens is 2. The Hall–Kier alpha value is -5.11. The molecule has 0 saturated carbocycles. The van der Waals surface area contributed by atoms with Crippen LogP contribution >= 0.6 is 17.9 Å². The van der Waals surface area contributed by atoms with E-state index in [9.17, 15) is 24.0 Å². The Kier molecular flexibility index (Phi) is 14.1. The van der Waals surface area contributed by atoms with Crippen LogP contribution in [-0.2, 0) is 50.2 Å². The number of aromatic amines is 2. The van der Waals surface area contributed by atoms with Gasteiger partial charge in [-0.3, -0.25) is 33.5 Å². The molecule has 4 heterocycles. The number of carbonyl (C=O) groups excluding carboxylic acids is 1. The van der Waals surface area contributed by atoms with Crippen LogP contribution in [0.25, 0.3) is 0 Å². The monoisotopic (exact) mass is 922 g/mol. The third-order valence-electron chi connectivity index (χ3n) is 10.9. The van der Waals surface area contributed by atoms with Gasteiger partial charge in [0.05, 0.1) is 33.5 Å². The van der Waals surface area contributed by atoms with Gasteiger partial charge in [0.25, 0.3) is 11.1 Å². The molecule has 3 aromatic carbocycles. The van der Waals surface area contributed by atoms with E-state index < -0.39 is 76.6 Å². The summed E-state index contributed by atoms with van der Waals surface area (Å²) in [7, 11) is 3.17. The smallest absolute Gasteiger partial charge is 0.330 e. The normalized spacial score (nSPS) is 22.1. The van der Waals surface area contributed by atoms with E-state index >= 15 is 0 Å². The second-order valence-electron chi connectivity index (χ2n) is 15.1. The van der Waals surface area contributed by atoms with Crippen molar-refractivity contribution in [3.05, 3.63) is 161 Å². The lowest BCUT2D eigenvalue weighted by molar-refractivity contribution is -0.150. The van der Waals surface area contributed by atoms with E-state index in [1.807, 2.05) is 78.9 Å². The number of hydrogen-bond donors (Lipinski definition) is 3. The molecule has 0 bridgehead atoms. The lowest BCUT2D eigenvalue weighted by Gasteiger charge is -2.37. The van der Waals surface area contributed by atoms with Crippen LogP contribution < -0.4 is 32.0 Å². The lowest BCUT2D eigenvalue weighted by Crippen LogP contribution is -2.38. The van der Waals surface area contributed by atoms with Crippen molar-refractivity contribution in [1.29, 1.82) is 0 Å². The second kappa shape index (κ2) is 19.3. The molecule has 2 fully saturated rings. The molecule has 0 radical (unpaired) electrons. The number of benzene rings is 3. The van der Waals surface area contributed by atoms with Crippen LogP contribution in [0.4, 0.5) is 0 Å². The number of hydrogen-bond acceptors (Lipinski definition) is 14. The van der Waals surface area contributed by atoms with Crippen LogP contribution in [0.15, 0.2) is 110 Å². The van der Waals surface area contributed by atoms with E-state index in [1.54, 1.807) is 28.1 Å². The molecule has 0 aliphatic carbocycles. The lowest BCUT2D eigenvalue weighted by atomic mass is 9.80. The number of methoxy groups -OCH3 is 2. The molecule has 2 aliphatic rings. The van der Waals surface area contributed by atoms with Gasteiger partial charge >= 0.3 is 17.3 Å². The highest BCUT2D eigenvalue weighted by molar-refractivity contribution is 8.60. The van der Waals surface area contributed by atoms with Crippen LogP contribution in [-0.4, -0.2) is 76.9 Å². The molecule has 2 saturated heterocycles. The molecule has 20 heteroatoms. The van der Waals surface area contributed by atoms with Gasteiger partial charge in [0.2, 0.25) is 5.69 Å². The van der Waals surface area contributed by atoms with Crippen LogP contribution in [0.5, 0.6) is 11.5 Å². The molecule has 2 aromatic heterocycles. The van der Waals surface area contributed by atoms with Crippen LogP contribution in [0.3, 0.4) is 0 Å². The third-order valence-corrected chi connectivity index (χ3v) is 13.1. The van der Waals surface area contributed by atoms with E-state index in [0.29, 0.717) is 11.5 Å². The summed E-state index contributed by atoms with van der Waals surface area (Å²) in [5, 5.41) is 0. The number of carbonyl (C=O) groups is 1. The highest BCUT2D eigenvalue weighted by Crippen LogP contribution is 2.57. The summed E-state index contributed by atoms with van der Waals surface area (Å²) >= 11 is 10.6. The van der Waals surface area contributed by atoms with Crippen molar-refractivity contribution >= 4 is 35.7 Å². The summed E-state index contributed by atoms with van der Waals surface area (Å²) in [6.45, 7) is 3.99.